The molecule has 0 aromatic carbocycles. The molecule has 0 aliphatic heterocycles. The zero-order valence-electron chi connectivity index (χ0n) is 9.92. The molecule has 0 bridgehead atoms. The quantitative estimate of drug-likeness (QED) is 0.892. The van der Waals surface area contributed by atoms with Crippen molar-refractivity contribution in [2.45, 2.75) is 26.0 Å². The Labute approximate surface area is 104 Å². The smallest absolute Gasteiger partial charge is 0.180 e. The van der Waals surface area contributed by atoms with Gasteiger partial charge in [-0.15, -0.1) is 0 Å². The van der Waals surface area contributed by atoms with Crippen molar-refractivity contribution in [3.05, 3.63) is 17.5 Å². The summed E-state index contributed by atoms with van der Waals surface area (Å²) >= 11 is 6.05. The van der Waals surface area contributed by atoms with E-state index in [1.54, 1.807) is 36.5 Å². The third-order valence-corrected chi connectivity index (χ3v) is 2.42. The molecule has 0 saturated carbocycles. The lowest BCUT2D eigenvalue weighted by Gasteiger charge is -2.17. The predicted octanol–water partition coefficient (Wildman–Crippen LogP) is 1.10. The minimum absolute atomic E-state index is 0.329. The fraction of sp³-hybridized carbons (Fsp3) is 0.500. The number of aliphatic hydroxyl groups is 1. The van der Waals surface area contributed by atoms with Crippen molar-refractivity contribution in [1.82, 2.24) is 24.5 Å². The lowest BCUT2D eigenvalue weighted by Crippen LogP contribution is -2.27. The van der Waals surface area contributed by atoms with Gasteiger partial charge in [0.05, 0.1) is 17.2 Å². The molecule has 0 saturated heterocycles. The van der Waals surface area contributed by atoms with Crippen molar-refractivity contribution in [3.8, 4) is 11.5 Å². The van der Waals surface area contributed by atoms with E-state index in [0.717, 1.165) is 0 Å². The van der Waals surface area contributed by atoms with Gasteiger partial charge in [-0.1, -0.05) is 11.6 Å². The van der Waals surface area contributed by atoms with Crippen LogP contribution in [-0.4, -0.2) is 35.3 Å². The summed E-state index contributed by atoms with van der Waals surface area (Å²) in [7, 11) is 1.78. The maximum Gasteiger partial charge on any atom is 0.180 e. The highest BCUT2D eigenvalue weighted by Gasteiger charge is 2.20. The summed E-state index contributed by atoms with van der Waals surface area (Å²) in [6, 6.07) is 0. The molecule has 2 aromatic rings. The predicted molar refractivity (Wildman–Crippen MR) is 63.5 cm³/mol. The van der Waals surface area contributed by atoms with Crippen LogP contribution in [0.4, 0.5) is 0 Å². The largest absolute Gasteiger partial charge is 0.389 e. The molecular weight excluding hydrogens is 242 g/mol. The van der Waals surface area contributed by atoms with Crippen molar-refractivity contribution < 1.29 is 5.11 Å². The van der Waals surface area contributed by atoms with E-state index < -0.39 is 5.60 Å². The average molecular weight is 256 g/mol. The van der Waals surface area contributed by atoms with E-state index in [0.29, 0.717) is 23.1 Å². The number of rotatable bonds is 3. The van der Waals surface area contributed by atoms with Crippen molar-refractivity contribution >= 4 is 11.6 Å². The molecule has 2 heterocycles. The van der Waals surface area contributed by atoms with Crippen molar-refractivity contribution in [1.29, 1.82) is 0 Å². The highest BCUT2D eigenvalue weighted by Crippen LogP contribution is 2.24. The van der Waals surface area contributed by atoms with Gasteiger partial charge in [0.1, 0.15) is 12.0 Å². The second-order valence-corrected chi connectivity index (χ2v) is 4.96. The summed E-state index contributed by atoms with van der Waals surface area (Å²) in [5, 5.41) is 18.6. The van der Waals surface area contributed by atoms with Gasteiger partial charge in [0, 0.05) is 13.2 Å². The summed E-state index contributed by atoms with van der Waals surface area (Å²) in [6.45, 7) is 3.74. The van der Waals surface area contributed by atoms with E-state index in [4.69, 9.17) is 11.6 Å². The monoisotopic (exact) mass is 255 g/mol. The van der Waals surface area contributed by atoms with Gasteiger partial charge in [0.15, 0.2) is 5.82 Å². The van der Waals surface area contributed by atoms with Crippen LogP contribution in [-0.2, 0) is 13.6 Å². The average Bonchev–Trinajstić information content (AvgIpc) is 2.70. The van der Waals surface area contributed by atoms with Gasteiger partial charge in [-0.05, 0) is 13.8 Å². The minimum Gasteiger partial charge on any atom is -0.389 e. The molecule has 7 heteroatoms. The summed E-state index contributed by atoms with van der Waals surface area (Å²) in [4.78, 5) is 4.13. The lowest BCUT2D eigenvalue weighted by atomic mass is 10.1. The van der Waals surface area contributed by atoms with Crippen LogP contribution in [0.3, 0.4) is 0 Å². The molecule has 17 heavy (non-hydrogen) atoms. The van der Waals surface area contributed by atoms with E-state index in [1.807, 2.05) is 0 Å². The molecule has 92 valence electrons. The molecule has 0 unspecified atom stereocenters. The summed E-state index contributed by atoms with van der Waals surface area (Å²) in [5.74, 6) is 0.553. The first-order chi connectivity index (χ1) is 7.87. The molecular formula is C10H14ClN5O. The van der Waals surface area contributed by atoms with Crippen molar-refractivity contribution in [2.24, 2.45) is 7.05 Å². The van der Waals surface area contributed by atoms with Gasteiger partial charge >= 0.3 is 0 Å². The third-order valence-electron chi connectivity index (χ3n) is 2.15. The Kier molecular flexibility index (Phi) is 2.92. The normalized spacial score (nSPS) is 12.1. The molecule has 2 rings (SSSR count). The highest BCUT2D eigenvalue weighted by molar-refractivity contribution is 6.32. The molecule has 1 N–H and O–H groups in total. The molecule has 2 aromatic heterocycles. The van der Waals surface area contributed by atoms with Gasteiger partial charge in [-0.25, -0.2) is 9.67 Å². The van der Waals surface area contributed by atoms with Crippen LogP contribution >= 0.6 is 11.6 Å². The molecule has 0 spiro atoms. The SMILES string of the molecule is Cn1cc(Cl)c(-c2ncnn2CC(C)(C)O)n1. The first-order valence-electron chi connectivity index (χ1n) is 5.16. The Morgan fingerprint density at radius 3 is 2.71 bits per heavy atom. The Morgan fingerprint density at radius 2 is 2.18 bits per heavy atom. The molecule has 0 fully saturated rings. The maximum absolute atomic E-state index is 9.79. The number of nitrogens with zero attached hydrogens (tertiary/aromatic N) is 5. The van der Waals surface area contributed by atoms with Gasteiger partial charge < -0.3 is 5.11 Å². The number of aryl methyl sites for hydroxylation is 1. The number of halogens is 1. The lowest BCUT2D eigenvalue weighted by molar-refractivity contribution is 0.0582. The Hall–Kier alpha value is -1.40. The van der Waals surface area contributed by atoms with E-state index in [9.17, 15) is 5.11 Å². The Morgan fingerprint density at radius 1 is 1.47 bits per heavy atom. The van der Waals surface area contributed by atoms with Crippen LogP contribution < -0.4 is 0 Å². The van der Waals surface area contributed by atoms with Gasteiger partial charge in [0.25, 0.3) is 0 Å². The highest BCUT2D eigenvalue weighted by atomic mass is 35.5. The molecule has 0 radical (unpaired) electrons. The van der Waals surface area contributed by atoms with E-state index in [1.165, 1.54) is 6.33 Å². The molecule has 0 aliphatic carbocycles. The first kappa shape index (κ1) is 12.1. The van der Waals surface area contributed by atoms with Gasteiger partial charge in [-0.2, -0.15) is 10.2 Å². The zero-order valence-corrected chi connectivity index (χ0v) is 10.7. The topological polar surface area (TPSA) is 68.8 Å². The summed E-state index contributed by atoms with van der Waals surface area (Å²) in [6.07, 6.45) is 3.12. The number of aromatic nitrogens is 5. The van der Waals surface area contributed by atoms with Crippen LogP contribution in [0.5, 0.6) is 0 Å². The van der Waals surface area contributed by atoms with Crippen molar-refractivity contribution in [3.63, 3.8) is 0 Å². The molecule has 0 amide bonds. The van der Waals surface area contributed by atoms with Gasteiger partial charge in [-0.3, -0.25) is 4.68 Å². The van der Waals surface area contributed by atoms with Gasteiger partial charge in [0.2, 0.25) is 0 Å². The van der Waals surface area contributed by atoms with E-state index in [-0.39, 0.29) is 0 Å². The Balaban J connectivity index is 2.40. The second kappa shape index (κ2) is 4.12. The van der Waals surface area contributed by atoms with Crippen LogP contribution in [0.25, 0.3) is 11.5 Å². The minimum atomic E-state index is -0.871. The van der Waals surface area contributed by atoms with Crippen LogP contribution in [0, 0.1) is 0 Å². The van der Waals surface area contributed by atoms with Crippen LogP contribution in [0.2, 0.25) is 5.02 Å². The summed E-state index contributed by atoms with van der Waals surface area (Å²) in [5.41, 5.74) is -0.306. The Bertz CT molecular complexity index is 525. The second-order valence-electron chi connectivity index (χ2n) is 4.55. The van der Waals surface area contributed by atoms with E-state index >= 15 is 0 Å². The zero-order chi connectivity index (χ0) is 12.6. The van der Waals surface area contributed by atoms with Crippen LogP contribution in [0.15, 0.2) is 12.5 Å². The maximum atomic E-state index is 9.79. The molecule has 0 atom stereocenters. The number of hydrogen-bond acceptors (Lipinski definition) is 4. The fourth-order valence-corrected chi connectivity index (χ4v) is 1.80. The van der Waals surface area contributed by atoms with Crippen molar-refractivity contribution in [2.75, 3.05) is 0 Å². The standard InChI is InChI=1S/C10H14ClN5O/c1-10(2,17)5-16-9(12-6-13-16)8-7(11)4-15(3)14-8/h4,6,17H,5H2,1-3H3. The summed E-state index contributed by atoms with van der Waals surface area (Å²) < 4.78 is 3.20. The van der Waals surface area contributed by atoms with Crippen LogP contribution in [0.1, 0.15) is 13.8 Å². The molecule has 0 aliphatic rings. The van der Waals surface area contributed by atoms with E-state index in [2.05, 4.69) is 15.2 Å². The third kappa shape index (κ3) is 2.65. The fourth-order valence-electron chi connectivity index (χ4n) is 1.54. The number of hydrogen-bond donors (Lipinski definition) is 1. The first-order valence-corrected chi connectivity index (χ1v) is 5.54. The molecule has 6 nitrogen and oxygen atoms in total.